The Kier molecular flexibility index (Phi) is 2.57. The summed E-state index contributed by atoms with van der Waals surface area (Å²) in [4.78, 5) is 25.0. The lowest BCUT2D eigenvalue weighted by molar-refractivity contribution is 0.102. The first-order valence-electron chi connectivity index (χ1n) is 5.14. The van der Waals surface area contributed by atoms with Crippen LogP contribution in [0.5, 0.6) is 0 Å². The van der Waals surface area contributed by atoms with E-state index in [2.05, 4.69) is 5.32 Å². The molecule has 0 radical (unpaired) electrons. The van der Waals surface area contributed by atoms with Crippen LogP contribution in [-0.4, -0.2) is 11.3 Å². The van der Waals surface area contributed by atoms with Crippen molar-refractivity contribution in [3.05, 3.63) is 40.6 Å². The molecule has 1 aromatic carbocycles. The van der Waals surface area contributed by atoms with E-state index in [-0.39, 0.29) is 5.91 Å². The number of rotatable bonds is 0. The minimum atomic E-state index is -0.640. The topological polar surface area (TPSA) is 49.4 Å². The first kappa shape index (κ1) is 11.3. The van der Waals surface area contributed by atoms with Gasteiger partial charge in [0.15, 0.2) is 0 Å². The molecule has 1 aliphatic heterocycles. The van der Waals surface area contributed by atoms with E-state index in [0.29, 0.717) is 22.6 Å². The van der Waals surface area contributed by atoms with Crippen molar-refractivity contribution in [3.63, 3.8) is 0 Å². The van der Waals surface area contributed by atoms with Crippen LogP contribution in [0.2, 0.25) is 0 Å². The van der Waals surface area contributed by atoms with Crippen LogP contribution in [0.25, 0.3) is 0 Å². The second-order valence-electron chi connectivity index (χ2n) is 3.73. The van der Waals surface area contributed by atoms with Crippen molar-refractivity contribution in [3.8, 4) is 0 Å². The monoisotopic (exact) mass is 278 g/mol. The second-order valence-corrected chi connectivity index (χ2v) is 4.80. The fourth-order valence-corrected chi connectivity index (χ4v) is 2.89. The Morgan fingerprint density at radius 2 is 2.00 bits per heavy atom. The van der Waals surface area contributed by atoms with Crippen LogP contribution in [0.3, 0.4) is 0 Å². The Labute approximate surface area is 112 Å². The lowest BCUT2D eigenvalue weighted by Crippen LogP contribution is -2.19. The highest BCUT2D eigenvalue weighted by Crippen LogP contribution is 2.39. The average Bonchev–Trinajstić information content (AvgIpc) is 2.76. The molecule has 4 nitrogen and oxygen atoms in total. The zero-order chi connectivity index (χ0) is 12.7. The Bertz CT molecular complexity index is 653. The van der Waals surface area contributed by atoms with E-state index in [0.717, 1.165) is 0 Å². The van der Waals surface area contributed by atoms with Crippen LogP contribution in [0.1, 0.15) is 10.4 Å². The van der Waals surface area contributed by atoms with Crippen LogP contribution in [0.15, 0.2) is 35.0 Å². The number of para-hydroxylation sites is 2. The summed E-state index contributed by atoms with van der Waals surface area (Å²) in [5, 5.41) is 5.56. The lowest BCUT2D eigenvalue weighted by Gasteiger charge is -2.19. The molecule has 0 spiro atoms. The smallest absolute Gasteiger partial charge is 0.320 e. The third kappa shape index (κ3) is 1.60. The fourth-order valence-electron chi connectivity index (χ4n) is 1.92. The molecule has 0 unspecified atom stereocenters. The summed E-state index contributed by atoms with van der Waals surface area (Å²) in [5.74, 6) is -0.237. The minimum absolute atomic E-state index is 0.237. The maximum Gasteiger partial charge on any atom is 0.325 e. The fraction of sp³-hybridized carbons (Fsp3) is 0. The first-order valence-corrected chi connectivity index (χ1v) is 6.46. The van der Waals surface area contributed by atoms with Gasteiger partial charge in [0.05, 0.1) is 22.6 Å². The number of benzene rings is 1. The summed E-state index contributed by atoms with van der Waals surface area (Å²) in [6.07, 6.45) is 0. The van der Waals surface area contributed by atoms with Gasteiger partial charge in [-0.1, -0.05) is 12.1 Å². The molecule has 1 aromatic heterocycles. The van der Waals surface area contributed by atoms with E-state index in [4.69, 9.17) is 11.6 Å². The van der Waals surface area contributed by atoms with Gasteiger partial charge >= 0.3 is 5.37 Å². The largest absolute Gasteiger partial charge is 0.325 e. The summed E-state index contributed by atoms with van der Waals surface area (Å²) in [6, 6.07) is 7.04. The number of fused-ring (bicyclic) bond motifs is 2. The van der Waals surface area contributed by atoms with Gasteiger partial charge in [-0.2, -0.15) is 0 Å². The van der Waals surface area contributed by atoms with Gasteiger partial charge < -0.3 is 5.32 Å². The molecule has 1 N–H and O–H groups in total. The van der Waals surface area contributed by atoms with E-state index in [1.807, 2.05) is 0 Å². The Morgan fingerprint density at radius 1 is 1.22 bits per heavy atom. The number of carbonyl (C=O) groups is 2. The van der Waals surface area contributed by atoms with E-state index < -0.39 is 5.37 Å². The van der Waals surface area contributed by atoms with Crippen molar-refractivity contribution in [2.75, 3.05) is 10.2 Å². The zero-order valence-corrected chi connectivity index (χ0v) is 10.6. The van der Waals surface area contributed by atoms with Crippen molar-refractivity contribution < 1.29 is 9.59 Å². The highest BCUT2D eigenvalue weighted by molar-refractivity contribution is 7.08. The Morgan fingerprint density at radius 3 is 2.78 bits per heavy atom. The number of halogens is 1. The van der Waals surface area contributed by atoms with E-state index >= 15 is 0 Å². The Hall–Kier alpha value is -1.85. The molecule has 2 aromatic rings. The van der Waals surface area contributed by atoms with E-state index in [1.54, 1.807) is 35.0 Å². The van der Waals surface area contributed by atoms with Crippen LogP contribution in [0, 0.1) is 0 Å². The number of anilines is 3. The van der Waals surface area contributed by atoms with Crippen LogP contribution in [-0.2, 0) is 0 Å². The van der Waals surface area contributed by atoms with Gasteiger partial charge in [0.1, 0.15) is 0 Å². The molecular weight excluding hydrogens is 272 g/mol. The van der Waals surface area contributed by atoms with Gasteiger partial charge in [-0.3, -0.25) is 14.5 Å². The zero-order valence-electron chi connectivity index (χ0n) is 9.01. The summed E-state index contributed by atoms with van der Waals surface area (Å²) >= 11 is 6.99. The maximum absolute atomic E-state index is 12.0. The molecule has 90 valence electrons. The minimum Gasteiger partial charge on any atom is -0.320 e. The van der Waals surface area contributed by atoms with Gasteiger partial charge in [0, 0.05) is 10.8 Å². The molecule has 0 saturated carbocycles. The third-order valence-corrected chi connectivity index (χ3v) is 3.60. The van der Waals surface area contributed by atoms with Crippen molar-refractivity contribution in [1.82, 2.24) is 0 Å². The highest BCUT2D eigenvalue weighted by Gasteiger charge is 2.28. The number of hydrogen-bond acceptors (Lipinski definition) is 3. The molecule has 18 heavy (non-hydrogen) atoms. The summed E-state index contributed by atoms with van der Waals surface area (Å²) in [6.45, 7) is 0. The number of nitrogens with zero attached hydrogens (tertiary/aromatic N) is 1. The molecule has 3 rings (SSSR count). The molecule has 0 atom stereocenters. The van der Waals surface area contributed by atoms with Gasteiger partial charge in [0.2, 0.25) is 0 Å². The molecule has 1 aliphatic rings. The van der Waals surface area contributed by atoms with Crippen molar-refractivity contribution in [1.29, 1.82) is 0 Å². The standard InChI is InChI=1S/C12H7ClN2O2S/c13-12(17)15-9-4-2-1-3-8(9)14-11(16)7-5-18-6-10(7)15/h1-6H,(H,14,16). The third-order valence-electron chi connectivity index (χ3n) is 2.70. The second kappa shape index (κ2) is 4.12. The molecule has 0 bridgehead atoms. The molecule has 2 heterocycles. The summed E-state index contributed by atoms with van der Waals surface area (Å²) in [7, 11) is 0. The van der Waals surface area contributed by atoms with Gasteiger partial charge in [-0.15, -0.1) is 11.3 Å². The maximum atomic E-state index is 12.0. The molecule has 0 fully saturated rings. The average molecular weight is 279 g/mol. The van der Waals surface area contributed by atoms with Gasteiger partial charge in [-0.05, 0) is 23.7 Å². The van der Waals surface area contributed by atoms with Gasteiger partial charge in [0.25, 0.3) is 5.91 Å². The normalized spacial score (nSPS) is 13.4. The van der Waals surface area contributed by atoms with Gasteiger partial charge in [-0.25, -0.2) is 0 Å². The highest BCUT2D eigenvalue weighted by atomic mass is 35.5. The predicted molar refractivity (Wildman–Crippen MR) is 72.1 cm³/mol. The van der Waals surface area contributed by atoms with E-state index in [1.165, 1.54) is 16.2 Å². The Balaban J connectivity index is 2.30. The van der Waals surface area contributed by atoms with E-state index in [9.17, 15) is 9.59 Å². The van der Waals surface area contributed by atoms with Crippen molar-refractivity contribution in [2.24, 2.45) is 0 Å². The van der Waals surface area contributed by atoms with Crippen LogP contribution in [0.4, 0.5) is 21.9 Å². The van der Waals surface area contributed by atoms with Crippen LogP contribution < -0.4 is 10.2 Å². The molecule has 0 aliphatic carbocycles. The quantitative estimate of drug-likeness (QED) is 0.588. The molecule has 2 amide bonds. The molecular formula is C12H7ClN2O2S. The summed E-state index contributed by atoms with van der Waals surface area (Å²) < 4.78 is 0. The number of carbonyl (C=O) groups excluding carboxylic acids is 2. The predicted octanol–water partition coefficient (Wildman–Crippen LogP) is 3.81. The molecule has 6 heteroatoms. The van der Waals surface area contributed by atoms with Crippen molar-refractivity contribution in [2.45, 2.75) is 0 Å². The first-order chi connectivity index (χ1) is 8.68. The SMILES string of the molecule is O=C1Nc2ccccc2N(C(=O)Cl)c2cscc21. The number of nitrogens with one attached hydrogen (secondary N) is 1. The lowest BCUT2D eigenvalue weighted by atomic mass is 10.2. The van der Waals surface area contributed by atoms with Crippen molar-refractivity contribution >= 4 is 51.3 Å². The van der Waals surface area contributed by atoms with Crippen LogP contribution >= 0.6 is 22.9 Å². The molecule has 0 saturated heterocycles. The number of amides is 2. The summed E-state index contributed by atoms with van der Waals surface area (Å²) in [5.41, 5.74) is 2.10. The number of hydrogen-bond donors (Lipinski definition) is 1. The number of thiophene rings is 1.